The molecule has 0 bridgehead atoms. The summed E-state index contributed by atoms with van der Waals surface area (Å²) in [5.41, 5.74) is 0. The lowest BCUT2D eigenvalue weighted by atomic mass is 9.98. The summed E-state index contributed by atoms with van der Waals surface area (Å²) in [7, 11) is 0. The summed E-state index contributed by atoms with van der Waals surface area (Å²) in [4.78, 5) is 23.8. The van der Waals surface area contributed by atoms with Crippen LogP contribution in [0, 0.1) is 0 Å². The highest BCUT2D eigenvalue weighted by Crippen LogP contribution is 2.27. The van der Waals surface area contributed by atoms with Gasteiger partial charge in [-0.15, -0.1) is 0 Å². The number of hydrogen-bond acceptors (Lipinski definition) is 7. The van der Waals surface area contributed by atoms with Gasteiger partial charge in [0, 0.05) is 12.8 Å². The predicted octanol–water partition coefficient (Wildman–Crippen LogP) is -3.06. The molecule has 0 aromatic rings. The monoisotopic (exact) mass is 261 g/mol. The van der Waals surface area contributed by atoms with Crippen LogP contribution in [-0.2, 0) is 14.3 Å². The van der Waals surface area contributed by atoms with Gasteiger partial charge in [-0.1, -0.05) is 0 Å². The molecule has 2 saturated heterocycles. The third-order valence-electron chi connectivity index (χ3n) is 3.21. The van der Waals surface area contributed by atoms with E-state index in [9.17, 15) is 24.9 Å². The Kier molecular flexibility index (Phi) is 3.64. The van der Waals surface area contributed by atoms with Gasteiger partial charge in [0.2, 0.25) is 11.8 Å². The van der Waals surface area contributed by atoms with Gasteiger partial charge in [0.15, 0.2) is 6.23 Å². The van der Waals surface area contributed by atoms with Crippen LogP contribution in [0.5, 0.6) is 0 Å². The molecule has 2 amide bonds. The molecule has 0 saturated carbocycles. The highest BCUT2D eigenvalue weighted by Gasteiger charge is 2.49. The molecule has 0 unspecified atom stereocenters. The van der Waals surface area contributed by atoms with Gasteiger partial charge < -0.3 is 25.2 Å². The number of amides is 2. The second-order valence-electron chi connectivity index (χ2n) is 4.38. The summed E-state index contributed by atoms with van der Waals surface area (Å²) in [6.45, 7) is -0.600. The lowest BCUT2D eigenvalue weighted by molar-refractivity contribution is -0.258. The number of imide groups is 1. The molecule has 5 atom stereocenters. The standard InChI is InChI=1S/C10H15NO7/c12-3-4-7(15)8(16)9(17)10(18-4)11-5(13)1-2-6(11)14/h4,7-10,12,15-17H,1-3H2/t4-,7-,8+,9-,10+/m1/s1. The molecule has 2 aliphatic rings. The topological polar surface area (TPSA) is 128 Å². The second kappa shape index (κ2) is 4.90. The smallest absolute Gasteiger partial charge is 0.231 e. The fourth-order valence-electron chi connectivity index (χ4n) is 2.17. The molecule has 18 heavy (non-hydrogen) atoms. The Labute approximate surface area is 102 Å². The van der Waals surface area contributed by atoms with Gasteiger partial charge >= 0.3 is 0 Å². The van der Waals surface area contributed by atoms with Crippen LogP contribution in [0.25, 0.3) is 0 Å². The van der Waals surface area contributed by atoms with Crippen molar-refractivity contribution in [1.29, 1.82) is 0 Å². The first-order valence-corrected chi connectivity index (χ1v) is 5.62. The first kappa shape index (κ1) is 13.4. The van der Waals surface area contributed by atoms with E-state index >= 15 is 0 Å². The summed E-state index contributed by atoms with van der Waals surface area (Å²) in [6.07, 6.45) is -7.16. The third kappa shape index (κ3) is 2.02. The Bertz CT molecular complexity index is 342. The molecule has 4 N–H and O–H groups in total. The largest absolute Gasteiger partial charge is 0.394 e. The average Bonchev–Trinajstić information content (AvgIpc) is 2.67. The van der Waals surface area contributed by atoms with Crippen molar-refractivity contribution in [2.45, 2.75) is 43.5 Å². The van der Waals surface area contributed by atoms with Crippen LogP contribution in [0.15, 0.2) is 0 Å². The van der Waals surface area contributed by atoms with Crippen LogP contribution >= 0.6 is 0 Å². The Morgan fingerprint density at radius 3 is 2.11 bits per heavy atom. The van der Waals surface area contributed by atoms with Crippen molar-refractivity contribution >= 4 is 11.8 Å². The number of rotatable bonds is 2. The molecule has 2 rings (SSSR count). The van der Waals surface area contributed by atoms with Crippen LogP contribution < -0.4 is 0 Å². The molecule has 0 radical (unpaired) electrons. The van der Waals surface area contributed by atoms with Gasteiger partial charge in [-0.2, -0.15) is 0 Å². The number of carbonyl (C=O) groups excluding carboxylic acids is 2. The van der Waals surface area contributed by atoms with Crippen molar-refractivity contribution in [1.82, 2.24) is 4.90 Å². The van der Waals surface area contributed by atoms with Crippen LogP contribution in [0.4, 0.5) is 0 Å². The molecule has 102 valence electrons. The van der Waals surface area contributed by atoms with Gasteiger partial charge in [0.1, 0.15) is 24.4 Å². The van der Waals surface area contributed by atoms with E-state index in [0.717, 1.165) is 4.90 Å². The Morgan fingerprint density at radius 1 is 1.06 bits per heavy atom. The van der Waals surface area contributed by atoms with Crippen LogP contribution in [-0.4, -0.2) is 74.4 Å². The molecule has 0 aromatic heterocycles. The van der Waals surface area contributed by atoms with E-state index in [1.54, 1.807) is 0 Å². The van der Waals surface area contributed by atoms with E-state index in [4.69, 9.17) is 9.84 Å². The number of aliphatic hydroxyl groups excluding tert-OH is 4. The van der Waals surface area contributed by atoms with Gasteiger partial charge in [-0.05, 0) is 0 Å². The zero-order valence-corrected chi connectivity index (χ0v) is 9.47. The van der Waals surface area contributed by atoms with Crippen molar-refractivity contribution in [3.05, 3.63) is 0 Å². The van der Waals surface area contributed by atoms with Crippen LogP contribution in [0.2, 0.25) is 0 Å². The summed E-state index contributed by atoms with van der Waals surface area (Å²) in [5.74, 6) is -1.02. The number of ether oxygens (including phenoxy) is 1. The van der Waals surface area contributed by atoms with Gasteiger partial charge in [-0.25, -0.2) is 0 Å². The van der Waals surface area contributed by atoms with Crippen molar-refractivity contribution in [3.8, 4) is 0 Å². The zero-order valence-electron chi connectivity index (χ0n) is 9.47. The van der Waals surface area contributed by atoms with Crippen molar-refractivity contribution < 1.29 is 34.8 Å². The van der Waals surface area contributed by atoms with E-state index in [1.807, 2.05) is 0 Å². The molecule has 2 fully saturated rings. The minimum absolute atomic E-state index is 0.0217. The van der Waals surface area contributed by atoms with Crippen molar-refractivity contribution in [3.63, 3.8) is 0 Å². The van der Waals surface area contributed by atoms with Gasteiger partial charge in [-0.3, -0.25) is 14.5 Å². The molecule has 0 spiro atoms. The number of hydrogen-bond donors (Lipinski definition) is 4. The average molecular weight is 261 g/mol. The molecular weight excluding hydrogens is 246 g/mol. The minimum atomic E-state index is -1.60. The van der Waals surface area contributed by atoms with E-state index in [2.05, 4.69) is 0 Å². The lowest BCUT2D eigenvalue weighted by Crippen LogP contribution is -2.64. The summed E-state index contributed by atoms with van der Waals surface area (Å²) >= 11 is 0. The predicted molar refractivity (Wildman–Crippen MR) is 54.9 cm³/mol. The number of likely N-dealkylation sites (tertiary alicyclic amines) is 1. The molecule has 8 heteroatoms. The van der Waals surface area contributed by atoms with Crippen LogP contribution in [0.3, 0.4) is 0 Å². The Morgan fingerprint density at radius 2 is 1.61 bits per heavy atom. The van der Waals surface area contributed by atoms with E-state index in [0.29, 0.717) is 0 Å². The number of carbonyl (C=O) groups is 2. The quantitative estimate of drug-likeness (QED) is 0.388. The maximum absolute atomic E-state index is 11.5. The first-order valence-electron chi connectivity index (χ1n) is 5.62. The molecule has 0 aromatic carbocycles. The van der Waals surface area contributed by atoms with E-state index in [-0.39, 0.29) is 12.8 Å². The summed E-state index contributed by atoms with van der Waals surface area (Å²) in [5, 5.41) is 37.9. The third-order valence-corrected chi connectivity index (χ3v) is 3.21. The lowest BCUT2D eigenvalue weighted by Gasteiger charge is -2.42. The molecule has 2 heterocycles. The number of nitrogens with zero attached hydrogens (tertiary/aromatic N) is 1. The number of aliphatic hydroxyl groups is 4. The van der Waals surface area contributed by atoms with Gasteiger partial charge in [0.25, 0.3) is 0 Å². The Hall–Kier alpha value is -1.06. The fraction of sp³-hybridized carbons (Fsp3) is 0.800. The van der Waals surface area contributed by atoms with Gasteiger partial charge in [0.05, 0.1) is 6.61 Å². The molecule has 0 aliphatic carbocycles. The van der Waals surface area contributed by atoms with E-state index in [1.165, 1.54) is 0 Å². The molecular formula is C10H15NO7. The molecule has 2 aliphatic heterocycles. The fourth-order valence-corrected chi connectivity index (χ4v) is 2.17. The SMILES string of the molecule is O=C1CCC(=O)N1[C@H]1O[C@H](CO)[C@@H](O)[C@H](O)[C@H]1O. The molecule has 8 nitrogen and oxygen atoms in total. The zero-order chi connectivity index (χ0) is 13.4. The first-order chi connectivity index (χ1) is 8.47. The normalized spacial score (nSPS) is 41.6. The van der Waals surface area contributed by atoms with E-state index < -0.39 is 49.1 Å². The highest BCUT2D eigenvalue weighted by molar-refractivity contribution is 6.02. The minimum Gasteiger partial charge on any atom is -0.394 e. The second-order valence-corrected chi connectivity index (χ2v) is 4.38. The van der Waals surface area contributed by atoms with Crippen LogP contribution in [0.1, 0.15) is 12.8 Å². The Balaban J connectivity index is 2.21. The maximum atomic E-state index is 11.5. The highest BCUT2D eigenvalue weighted by atomic mass is 16.6. The summed E-state index contributed by atoms with van der Waals surface area (Å²) < 4.78 is 5.13. The van der Waals surface area contributed by atoms with Crippen molar-refractivity contribution in [2.75, 3.05) is 6.61 Å². The van der Waals surface area contributed by atoms with Crippen molar-refractivity contribution in [2.24, 2.45) is 0 Å². The maximum Gasteiger partial charge on any atom is 0.231 e. The summed E-state index contributed by atoms with van der Waals surface area (Å²) in [6, 6.07) is 0.